The molecule has 1 heterocycles. The number of carbonyl (C=O) groups excluding carboxylic acids is 1. The van der Waals surface area contributed by atoms with Crippen LogP contribution in [0.3, 0.4) is 0 Å². The number of rotatable bonds is 2. The Morgan fingerprint density at radius 3 is 2.58 bits per heavy atom. The molecule has 70 valence electrons. The highest BCUT2D eigenvalue weighted by molar-refractivity contribution is 5.72. The molecule has 12 heavy (non-hydrogen) atoms. The summed E-state index contributed by atoms with van der Waals surface area (Å²) in [4.78, 5) is 10.8. The topological polar surface area (TPSA) is 66.8 Å². The van der Waals surface area contributed by atoms with Gasteiger partial charge in [0.15, 0.2) is 0 Å². The van der Waals surface area contributed by atoms with Crippen molar-refractivity contribution >= 4 is 5.97 Å². The Labute approximate surface area is 71.2 Å². The minimum atomic E-state index is -0.973. The van der Waals surface area contributed by atoms with E-state index in [0.717, 1.165) is 0 Å². The Morgan fingerprint density at radius 2 is 2.25 bits per heavy atom. The van der Waals surface area contributed by atoms with Gasteiger partial charge in [0, 0.05) is 5.92 Å². The molecule has 2 N–H and O–H groups in total. The molecular weight excluding hydrogens is 160 g/mol. The molecule has 2 atom stereocenters. The van der Waals surface area contributed by atoms with Crippen molar-refractivity contribution in [1.29, 1.82) is 0 Å². The summed E-state index contributed by atoms with van der Waals surface area (Å²) >= 11 is 0. The number of aliphatic hydroxyl groups is 2. The minimum Gasteiger partial charge on any atom is -0.459 e. The molecule has 4 heteroatoms. The Bertz CT molecular complexity index is 182. The SMILES string of the molecule is CC(C)(O)C1CC(=O)OC1CO. The van der Waals surface area contributed by atoms with Gasteiger partial charge in [-0.05, 0) is 13.8 Å². The largest absolute Gasteiger partial charge is 0.459 e. The minimum absolute atomic E-state index is 0.189. The first-order valence-corrected chi connectivity index (χ1v) is 3.98. The zero-order chi connectivity index (χ0) is 9.35. The maximum absolute atomic E-state index is 10.8. The van der Waals surface area contributed by atoms with Crippen LogP contribution in [0.1, 0.15) is 20.3 Å². The van der Waals surface area contributed by atoms with E-state index in [1.54, 1.807) is 13.8 Å². The van der Waals surface area contributed by atoms with Gasteiger partial charge in [0.1, 0.15) is 6.10 Å². The van der Waals surface area contributed by atoms with Gasteiger partial charge in [-0.3, -0.25) is 4.79 Å². The smallest absolute Gasteiger partial charge is 0.306 e. The summed E-state index contributed by atoms with van der Waals surface area (Å²) in [5.41, 5.74) is -0.973. The van der Waals surface area contributed by atoms with Gasteiger partial charge in [0.25, 0.3) is 0 Å². The number of esters is 1. The van der Waals surface area contributed by atoms with Crippen molar-refractivity contribution in [3.63, 3.8) is 0 Å². The highest BCUT2D eigenvalue weighted by Crippen LogP contribution is 2.31. The van der Waals surface area contributed by atoms with Crippen molar-refractivity contribution in [3.8, 4) is 0 Å². The molecule has 4 nitrogen and oxygen atoms in total. The van der Waals surface area contributed by atoms with E-state index in [1.807, 2.05) is 0 Å². The van der Waals surface area contributed by atoms with E-state index in [2.05, 4.69) is 0 Å². The lowest BCUT2D eigenvalue weighted by molar-refractivity contribution is -0.143. The molecule has 0 spiro atoms. The molecule has 1 saturated heterocycles. The van der Waals surface area contributed by atoms with Crippen LogP contribution in [0.5, 0.6) is 0 Å². The Hall–Kier alpha value is -0.610. The van der Waals surface area contributed by atoms with Crippen molar-refractivity contribution in [1.82, 2.24) is 0 Å². The van der Waals surface area contributed by atoms with Crippen molar-refractivity contribution in [2.24, 2.45) is 5.92 Å². The number of ether oxygens (including phenoxy) is 1. The fraction of sp³-hybridized carbons (Fsp3) is 0.875. The molecular formula is C8H14O4. The quantitative estimate of drug-likeness (QED) is 0.563. The number of aliphatic hydroxyl groups excluding tert-OH is 1. The van der Waals surface area contributed by atoms with Gasteiger partial charge in [0.2, 0.25) is 0 Å². The summed E-state index contributed by atoms with van der Waals surface area (Å²) in [5, 5.41) is 18.4. The van der Waals surface area contributed by atoms with Gasteiger partial charge in [-0.2, -0.15) is 0 Å². The highest BCUT2D eigenvalue weighted by Gasteiger charge is 2.42. The molecule has 0 aliphatic carbocycles. The monoisotopic (exact) mass is 174 g/mol. The van der Waals surface area contributed by atoms with Crippen LogP contribution in [0.25, 0.3) is 0 Å². The molecule has 0 bridgehead atoms. The molecule has 0 aromatic rings. The second-order valence-electron chi connectivity index (χ2n) is 3.68. The van der Waals surface area contributed by atoms with Crippen LogP contribution in [-0.4, -0.2) is 34.5 Å². The van der Waals surface area contributed by atoms with Crippen LogP contribution in [0.4, 0.5) is 0 Å². The van der Waals surface area contributed by atoms with E-state index in [0.29, 0.717) is 0 Å². The maximum atomic E-state index is 10.8. The maximum Gasteiger partial charge on any atom is 0.306 e. The molecule has 0 radical (unpaired) electrons. The Kier molecular flexibility index (Phi) is 2.39. The molecule has 2 unspecified atom stereocenters. The summed E-state index contributed by atoms with van der Waals surface area (Å²) in [5.74, 6) is -0.642. The third kappa shape index (κ3) is 1.76. The van der Waals surface area contributed by atoms with Crippen LogP contribution in [0, 0.1) is 5.92 Å². The molecule has 1 fully saturated rings. The standard InChI is InChI=1S/C8H14O4/c1-8(2,11)5-3-7(10)12-6(5)4-9/h5-6,9,11H,3-4H2,1-2H3. The van der Waals surface area contributed by atoms with E-state index < -0.39 is 11.7 Å². The predicted molar refractivity (Wildman–Crippen MR) is 41.4 cm³/mol. The first kappa shape index (κ1) is 9.48. The fourth-order valence-electron chi connectivity index (χ4n) is 1.48. The van der Waals surface area contributed by atoms with Gasteiger partial charge >= 0.3 is 5.97 Å². The van der Waals surface area contributed by atoms with Crippen LogP contribution in [0.2, 0.25) is 0 Å². The van der Waals surface area contributed by atoms with E-state index in [4.69, 9.17) is 9.84 Å². The number of carbonyl (C=O) groups is 1. The predicted octanol–water partition coefficient (Wildman–Crippen LogP) is -0.319. The first-order valence-electron chi connectivity index (χ1n) is 3.98. The molecule has 1 rings (SSSR count). The fourth-order valence-corrected chi connectivity index (χ4v) is 1.48. The third-order valence-corrected chi connectivity index (χ3v) is 2.21. The molecule has 0 saturated carbocycles. The Balaban J connectivity index is 2.70. The zero-order valence-electron chi connectivity index (χ0n) is 7.28. The van der Waals surface area contributed by atoms with Crippen molar-refractivity contribution in [3.05, 3.63) is 0 Å². The lowest BCUT2D eigenvalue weighted by Crippen LogP contribution is -2.38. The molecule has 0 aromatic carbocycles. The van der Waals surface area contributed by atoms with Crippen molar-refractivity contribution in [2.75, 3.05) is 6.61 Å². The lowest BCUT2D eigenvalue weighted by Gasteiger charge is -2.27. The molecule has 1 aliphatic rings. The second kappa shape index (κ2) is 3.03. The summed E-state index contributed by atoms with van der Waals surface area (Å²) in [6, 6.07) is 0. The van der Waals surface area contributed by atoms with Crippen LogP contribution in [-0.2, 0) is 9.53 Å². The normalized spacial score (nSPS) is 30.5. The second-order valence-corrected chi connectivity index (χ2v) is 3.68. The van der Waals surface area contributed by atoms with Crippen molar-refractivity contribution < 1.29 is 19.7 Å². The molecule has 0 aromatic heterocycles. The van der Waals surface area contributed by atoms with Gasteiger partial charge < -0.3 is 14.9 Å². The number of hydrogen-bond acceptors (Lipinski definition) is 4. The lowest BCUT2D eigenvalue weighted by atomic mass is 9.85. The molecule has 1 aliphatic heterocycles. The van der Waals surface area contributed by atoms with E-state index >= 15 is 0 Å². The zero-order valence-corrected chi connectivity index (χ0v) is 7.28. The van der Waals surface area contributed by atoms with E-state index in [9.17, 15) is 9.90 Å². The summed E-state index contributed by atoms with van der Waals surface area (Å²) in [7, 11) is 0. The van der Waals surface area contributed by atoms with E-state index in [1.165, 1.54) is 0 Å². The number of hydrogen-bond donors (Lipinski definition) is 2. The first-order chi connectivity index (χ1) is 5.45. The summed E-state index contributed by atoms with van der Waals surface area (Å²) in [6.07, 6.45) is -0.355. The van der Waals surface area contributed by atoms with Gasteiger partial charge in [0.05, 0.1) is 18.6 Å². The average molecular weight is 174 g/mol. The third-order valence-electron chi connectivity index (χ3n) is 2.21. The van der Waals surface area contributed by atoms with Gasteiger partial charge in [-0.15, -0.1) is 0 Å². The van der Waals surface area contributed by atoms with E-state index in [-0.39, 0.29) is 24.9 Å². The van der Waals surface area contributed by atoms with Crippen LogP contribution >= 0.6 is 0 Å². The molecule has 0 amide bonds. The highest BCUT2D eigenvalue weighted by atomic mass is 16.6. The van der Waals surface area contributed by atoms with Gasteiger partial charge in [-0.25, -0.2) is 0 Å². The van der Waals surface area contributed by atoms with Gasteiger partial charge in [-0.1, -0.05) is 0 Å². The number of cyclic esters (lactones) is 1. The van der Waals surface area contributed by atoms with Crippen LogP contribution < -0.4 is 0 Å². The average Bonchev–Trinajstić information content (AvgIpc) is 2.29. The van der Waals surface area contributed by atoms with Crippen LogP contribution in [0.15, 0.2) is 0 Å². The summed E-state index contributed by atoms with van der Waals surface area (Å²) in [6.45, 7) is 3.00. The Morgan fingerprint density at radius 1 is 1.67 bits per heavy atom. The summed E-state index contributed by atoms with van der Waals surface area (Å²) < 4.78 is 4.80. The van der Waals surface area contributed by atoms with Crippen molar-refractivity contribution in [2.45, 2.75) is 32.0 Å².